The van der Waals surface area contributed by atoms with E-state index in [0.29, 0.717) is 6.61 Å². The predicted molar refractivity (Wildman–Crippen MR) is 59.7 cm³/mol. The monoisotopic (exact) mass is 203 g/mol. The highest BCUT2D eigenvalue weighted by Crippen LogP contribution is 2.14. The van der Waals surface area contributed by atoms with Crippen molar-refractivity contribution in [3.05, 3.63) is 0 Å². The highest BCUT2D eigenvalue weighted by atomic mass is 16.5. The molecule has 0 rings (SSSR count). The zero-order valence-electron chi connectivity index (χ0n) is 10.2. The van der Waals surface area contributed by atoms with Gasteiger partial charge in [0.2, 0.25) is 0 Å². The molecule has 0 aliphatic rings. The fraction of sp³-hybridized carbons (Fsp3) is 1.00. The van der Waals surface area contributed by atoms with Crippen molar-refractivity contribution in [3.8, 4) is 0 Å². The van der Waals surface area contributed by atoms with E-state index in [4.69, 9.17) is 9.47 Å². The molecule has 1 N–H and O–H groups in total. The van der Waals surface area contributed by atoms with Gasteiger partial charge in [0, 0.05) is 14.2 Å². The first kappa shape index (κ1) is 13.9. The summed E-state index contributed by atoms with van der Waals surface area (Å²) in [4.78, 5) is 0. The van der Waals surface area contributed by atoms with Crippen molar-refractivity contribution in [2.75, 3.05) is 27.4 Å². The second kappa shape index (κ2) is 7.21. The van der Waals surface area contributed by atoms with Crippen LogP contribution in [0.25, 0.3) is 0 Å². The molecular weight excluding hydrogens is 178 g/mol. The summed E-state index contributed by atoms with van der Waals surface area (Å²) in [6.45, 7) is 8.06. The third kappa shape index (κ3) is 4.94. The van der Waals surface area contributed by atoms with E-state index in [1.165, 1.54) is 12.8 Å². The maximum atomic E-state index is 5.44. The van der Waals surface area contributed by atoms with E-state index in [-0.39, 0.29) is 11.6 Å². The van der Waals surface area contributed by atoms with Crippen LogP contribution in [-0.4, -0.2) is 39.0 Å². The van der Waals surface area contributed by atoms with E-state index in [1.54, 1.807) is 14.2 Å². The Hall–Kier alpha value is -0.120. The molecule has 1 unspecified atom stereocenters. The van der Waals surface area contributed by atoms with Crippen LogP contribution in [0.1, 0.15) is 33.6 Å². The van der Waals surface area contributed by atoms with E-state index in [2.05, 4.69) is 26.1 Å². The minimum atomic E-state index is -0.177. The summed E-state index contributed by atoms with van der Waals surface area (Å²) >= 11 is 0. The van der Waals surface area contributed by atoms with Crippen LogP contribution in [0.5, 0.6) is 0 Å². The Kier molecular flexibility index (Phi) is 7.15. The third-order valence-corrected chi connectivity index (χ3v) is 2.62. The standard InChI is InChI=1S/C11H25NO2/c1-6-7-8-12-10(9-13-4)11(2,3)14-5/h10,12H,6-9H2,1-5H3. The fourth-order valence-corrected chi connectivity index (χ4v) is 1.27. The summed E-state index contributed by atoms with van der Waals surface area (Å²) in [5.41, 5.74) is -0.177. The van der Waals surface area contributed by atoms with Crippen LogP contribution >= 0.6 is 0 Å². The first-order valence-corrected chi connectivity index (χ1v) is 5.36. The molecule has 0 fully saturated rings. The van der Waals surface area contributed by atoms with Crippen LogP contribution in [0.4, 0.5) is 0 Å². The van der Waals surface area contributed by atoms with Crippen molar-refractivity contribution in [1.82, 2.24) is 5.32 Å². The maximum Gasteiger partial charge on any atom is 0.0797 e. The average molecular weight is 203 g/mol. The molecule has 0 spiro atoms. The molecule has 0 saturated heterocycles. The number of methoxy groups -OCH3 is 2. The lowest BCUT2D eigenvalue weighted by Gasteiger charge is -2.33. The van der Waals surface area contributed by atoms with Gasteiger partial charge >= 0.3 is 0 Å². The second-order valence-electron chi connectivity index (χ2n) is 4.12. The molecule has 0 aliphatic heterocycles. The van der Waals surface area contributed by atoms with Crippen LogP contribution in [-0.2, 0) is 9.47 Å². The van der Waals surface area contributed by atoms with Gasteiger partial charge in [-0.3, -0.25) is 0 Å². The minimum absolute atomic E-state index is 0.177. The molecule has 14 heavy (non-hydrogen) atoms. The summed E-state index contributed by atoms with van der Waals surface area (Å²) < 4.78 is 10.6. The largest absolute Gasteiger partial charge is 0.383 e. The fourth-order valence-electron chi connectivity index (χ4n) is 1.27. The molecule has 1 atom stereocenters. The summed E-state index contributed by atoms with van der Waals surface area (Å²) in [5, 5.41) is 3.46. The lowest BCUT2D eigenvalue weighted by molar-refractivity contribution is -0.0320. The van der Waals surface area contributed by atoms with Gasteiger partial charge in [-0.1, -0.05) is 13.3 Å². The van der Waals surface area contributed by atoms with E-state index >= 15 is 0 Å². The van der Waals surface area contributed by atoms with Gasteiger partial charge in [-0.05, 0) is 26.8 Å². The summed E-state index contributed by atoms with van der Waals surface area (Å²) in [5.74, 6) is 0. The van der Waals surface area contributed by atoms with Crippen molar-refractivity contribution in [3.63, 3.8) is 0 Å². The second-order valence-corrected chi connectivity index (χ2v) is 4.12. The van der Waals surface area contributed by atoms with Crippen molar-refractivity contribution >= 4 is 0 Å². The van der Waals surface area contributed by atoms with Crippen molar-refractivity contribution in [2.24, 2.45) is 0 Å². The van der Waals surface area contributed by atoms with E-state index in [1.807, 2.05) is 0 Å². The summed E-state index contributed by atoms with van der Waals surface area (Å²) in [6, 6.07) is 0.254. The molecule has 0 heterocycles. The molecule has 3 nitrogen and oxygen atoms in total. The Labute approximate surface area is 88.2 Å². The topological polar surface area (TPSA) is 30.5 Å². The predicted octanol–water partition coefficient (Wildman–Crippen LogP) is 1.82. The number of unbranched alkanes of at least 4 members (excludes halogenated alkanes) is 1. The van der Waals surface area contributed by atoms with Gasteiger partial charge in [0.05, 0.1) is 18.2 Å². The molecule has 0 bridgehead atoms. The van der Waals surface area contributed by atoms with Crippen LogP contribution in [0.2, 0.25) is 0 Å². The van der Waals surface area contributed by atoms with E-state index in [9.17, 15) is 0 Å². The molecule has 3 heteroatoms. The zero-order chi connectivity index (χ0) is 11.0. The zero-order valence-corrected chi connectivity index (χ0v) is 10.2. The Morgan fingerprint density at radius 2 is 1.93 bits per heavy atom. The van der Waals surface area contributed by atoms with Crippen molar-refractivity contribution < 1.29 is 9.47 Å². The van der Waals surface area contributed by atoms with Crippen LogP contribution < -0.4 is 5.32 Å². The number of hydrogen-bond acceptors (Lipinski definition) is 3. The van der Waals surface area contributed by atoms with Gasteiger partial charge in [-0.25, -0.2) is 0 Å². The molecule has 0 aliphatic carbocycles. The van der Waals surface area contributed by atoms with Crippen molar-refractivity contribution in [2.45, 2.75) is 45.3 Å². The van der Waals surface area contributed by atoms with Crippen LogP contribution in [0.3, 0.4) is 0 Å². The maximum absolute atomic E-state index is 5.44. The molecule has 0 radical (unpaired) electrons. The van der Waals surface area contributed by atoms with Gasteiger partial charge in [-0.2, -0.15) is 0 Å². The number of ether oxygens (including phenoxy) is 2. The van der Waals surface area contributed by atoms with Gasteiger partial charge < -0.3 is 14.8 Å². The number of rotatable bonds is 8. The van der Waals surface area contributed by atoms with Gasteiger partial charge in [0.25, 0.3) is 0 Å². The first-order valence-electron chi connectivity index (χ1n) is 5.36. The molecule has 86 valence electrons. The van der Waals surface area contributed by atoms with Gasteiger partial charge in [-0.15, -0.1) is 0 Å². The highest BCUT2D eigenvalue weighted by Gasteiger charge is 2.28. The molecule has 0 aromatic heterocycles. The molecule has 0 amide bonds. The van der Waals surface area contributed by atoms with Gasteiger partial charge in [0.15, 0.2) is 0 Å². The molecule has 0 saturated carbocycles. The normalized spacial score (nSPS) is 14.4. The van der Waals surface area contributed by atoms with Gasteiger partial charge in [0.1, 0.15) is 0 Å². The molecule has 0 aromatic rings. The first-order chi connectivity index (χ1) is 6.58. The summed E-state index contributed by atoms with van der Waals surface area (Å²) in [6.07, 6.45) is 2.40. The Bertz CT molecular complexity index is 137. The Balaban J connectivity index is 4.00. The molecule has 0 aromatic carbocycles. The smallest absolute Gasteiger partial charge is 0.0797 e. The Morgan fingerprint density at radius 3 is 2.36 bits per heavy atom. The van der Waals surface area contributed by atoms with E-state index < -0.39 is 0 Å². The quantitative estimate of drug-likeness (QED) is 0.610. The lowest BCUT2D eigenvalue weighted by Crippen LogP contribution is -2.51. The highest BCUT2D eigenvalue weighted by molar-refractivity contribution is 4.85. The Morgan fingerprint density at radius 1 is 1.29 bits per heavy atom. The van der Waals surface area contributed by atoms with E-state index in [0.717, 1.165) is 6.54 Å². The third-order valence-electron chi connectivity index (χ3n) is 2.62. The lowest BCUT2D eigenvalue weighted by atomic mass is 9.99. The van der Waals surface area contributed by atoms with Crippen LogP contribution in [0, 0.1) is 0 Å². The average Bonchev–Trinajstić information content (AvgIpc) is 2.17. The number of hydrogen-bond donors (Lipinski definition) is 1. The van der Waals surface area contributed by atoms with Crippen molar-refractivity contribution in [1.29, 1.82) is 0 Å². The van der Waals surface area contributed by atoms with Crippen LogP contribution in [0.15, 0.2) is 0 Å². The minimum Gasteiger partial charge on any atom is -0.383 e. The number of nitrogens with one attached hydrogen (secondary N) is 1. The molecular formula is C11H25NO2. The SMILES string of the molecule is CCCCNC(COC)C(C)(C)OC. The summed E-state index contributed by atoms with van der Waals surface area (Å²) in [7, 11) is 3.46.